The normalized spacial score (nSPS) is 14.6. The summed E-state index contributed by atoms with van der Waals surface area (Å²) in [7, 11) is 2.08. The molecule has 3 nitrogen and oxygen atoms in total. The molecule has 1 aromatic carbocycles. The van der Waals surface area contributed by atoms with Crippen LogP contribution < -0.4 is 5.32 Å². The molecule has 0 saturated heterocycles. The number of hydrogen-bond acceptors (Lipinski definition) is 1. The van der Waals surface area contributed by atoms with Crippen molar-refractivity contribution < 1.29 is 4.79 Å². The van der Waals surface area contributed by atoms with Crippen LogP contribution in [0.15, 0.2) is 42.1 Å². The zero-order chi connectivity index (χ0) is 16.8. The van der Waals surface area contributed by atoms with E-state index in [-0.39, 0.29) is 5.91 Å². The van der Waals surface area contributed by atoms with Gasteiger partial charge in [-0.15, -0.1) is 0 Å². The van der Waals surface area contributed by atoms with Crippen molar-refractivity contribution in [3.05, 3.63) is 47.7 Å². The number of amides is 1. The summed E-state index contributed by atoms with van der Waals surface area (Å²) in [5, 5.41) is 4.38. The van der Waals surface area contributed by atoms with Gasteiger partial charge < -0.3 is 9.88 Å². The first-order chi connectivity index (χ1) is 11.7. The minimum Gasteiger partial charge on any atom is -0.356 e. The van der Waals surface area contributed by atoms with Crippen LogP contribution in [0.5, 0.6) is 0 Å². The van der Waals surface area contributed by atoms with Gasteiger partial charge in [0, 0.05) is 37.1 Å². The molecule has 1 heterocycles. The Kier molecular flexibility index (Phi) is 5.73. The van der Waals surface area contributed by atoms with Crippen LogP contribution in [0, 0.1) is 0 Å². The van der Waals surface area contributed by atoms with Crippen molar-refractivity contribution >= 4 is 16.8 Å². The molecule has 0 aliphatic heterocycles. The summed E-state index contributed by atoms with van der Waals surface area (Å²) in [6.07, 6.45) is 13.1. The quantitative estimate of drug-likeness (QED) is 0.747. The van der Waals surface area contributed by atoms with E-state index in [0.29, 0.717) is 6.42 Å². The number of aryl methyl sites for hydroxylation is 2. The Hall–Kier alpha value is -2.03. The van der Waals surface area contributed by atoms with Crippen LogP contribution >= 0.6 is 0 Å². The summed E-state index contributed by atoms with van der Waals surface area (Å²) in [6, 6.07) is 8.47. The van der Waals surface area contributed by atoms with Gasteiger partial charge in [0.25, 0.3) is 0 Å². The lowest BCUT2D eigenvalue weighted by molar-refractivity contribution is -0.121. The first-order valence-electron chi connectivity index (χ1n) is 9.21. The monoisotopic (exact) mass is 324 g/mol. The third-order valence-corrected chi connectivity index (χ3v) is 4.98. The van der Waals surface area contributed by atoms with Crippen LogP contribution in [-0.4, -0.2) is 17.0 Å². The molecule has 2 aromatic rings. The van der Waals surface area contributed by atoms with Crippen molar-refractivity contribution in [3.63, 3.8) is 0 Å². The number of carbonyl (C=O) groups is 1. The van der Waals surface area contributed by atoms with Gasteiger partial charge in [-0.1, -0.05) is 29.8 Å². The van der Waals surface area contributed by atoms with Crippen LogP contribution in [0.2, 0.25) is 0 Å². The first-order valence-corrected chi connectivity index (χ1v) is 9.21. The summed E-state index contributed by atoms with van der Waals surface area (Å²) >= 11 is 0. The zero-order valence-electron chi connectivity index (χ0n) is 14.7. The fourth-order valence-electron chi connectivity index (χ4n) is 3.65. The molecule has 1 N–H and O–H groups in total. The zero-order valence-corrected chi connectivity index (χ0v) is 14.7. The maximum absolute atomic E-state index is 12.0. The molecule has 0 bridgehead atoms. The maximum atomic E-state index is 12.0. The minimum atomic E-state index is 0.187. The fraction of sp³-hybridized carbons (Fsp3) is 0.476. The highest BCUT2D eigenvalue weighted by molar-refractivity contribution is 5.84. The second-order valence-corrected chi connectivity index (χ2v) is 6.84. The van der Waals surface area contributed by atoms with Gasteiger partial charge in [0.15, 0.2) is 0 Å². The lowest BCUT2D eigenvalue weighted by Crippen LogP contribution is -2.24. The lowest BCUT2D eigenvalue weighted by Gasteiger charge is -2.12. The number of aromatic nitrogens is 1. The van der Waals surface area contributed by atoms with Crippen LogP contribution in [0.25, 0.3) is 10.9 Å². The number of benzene rings is 1. The van der Waals surface area contributed by atoms with E-state index in [1.165, 1.54) is 47.7 Å². The topological polar surface area (TPSA) is 34.0 Å². The van der Waals surface area contributed by atoms with Gasteiger partial charge in [-0.25, -0.2) is 0 Å². The second kappa shape index (κ2) is 8.18. The second-order valence-electron chi connectivity index (χ2n) is 6.84. The molecule has 0 radical (unpaired) electrons. The molecule has 0 atom stereocenters. The first kappa shape index (κ1) is 16.8. The van der Waals surface area contributed by atoms with Crippen LogP contribution in [0.3, 0.4) is 0 Å². The van der Waals surface area contributed by atoms with Crippen LogP contribution in [0.1, 0.15) is 50.5 Å². The van der Waals surface area contributed by atoms with E-state index in [2.05, 4.69) is 53.5 Å². The third kappa shape index (κ3) is 4.28. The van der Waals surface area contributed by atoms with E-state index in [9.17, 15) is 4.79 Å². The van der Waals surface area contributed by atoms with Gasteiger partial charge in [-0.05, 0) is 56.6 Å². The molecule has 24 heavy (non-hydrogen) atoms. The van der Waals surface area contributed by atoms with Crippen molar-refractivity contribution in [1.82, 2.24) is 9.88 Å². The van der Waals surface area contributed by atoms with E-state index >= 15 is 0 Å². The number of nitrogens with one attached hydrogen (secondary N) is 1. The van der Waals surface area contributed by atoms with Gasteiger partial charge >= 0.3 is 0 Å². The van der Waals surface area contributed by atoms with Crippen molar-refractivity contribution in [2.75, 3.05) is 6.54 Å². The highest BCUT2D eigenvalue weighted by Crippen LogP contribution is 2.22. The number of rotatable bonds is 7. The van der Waals surface area contributed by atoms with Crippen molar-refractivity contribution in [2.24, 2.45) is 7.05 Å². The summed E-state index contributed by atoms with van der Waals surface area (Å²) < 4.78 is 2.17. The molecule has 1 aliphatic rings. The third-order valence-electron chi connectivity index (χ3n) is 4.98. The predicted molar refractivity (Wildman–Crippen MR) is 100 cm³/mol. The molecule has 0 unspecified atom stereocenters. The molecule has 1 aliphatic carbocycles. The smallest absolute Gasteiger partial charge is 0.220 e. The average Bonchev–Trinajstić information content (AvgIpc) is 2.92. The highest BCUT2D eigenvalue weighted by atomic mass is 16.1. The Balaban J connectivity index is 1.41. The molecule has 0 saturated carbocycles. The molecule has 3 heteroatoms. The maximum Gasteiger partial charge on any atom is 0.220 e. The van der Waals surface area contributed by atoms with Gasteiger partial charge in [0.1, 0.15) is 0 Å². The number of fused-ring (bicyclic) bond motifs is 1. The Morgan fingerprint density at radius 1 is 1.21 bits per heavy atom. The number of para-hydroxylation sites is 1. The van der Waals surface area contributed by atoms with Gasteiger partial charge in [-0.3, -0.25) is 4.79 Å². The predicted octanol–water partition coefficient (Wildman–Crippen LogP) is 4.51. The molecule has 0 fully saturated rings. The Morgan fingerprint density at radius 3 is 2.92 bits per heavy atom. The molecule has 128 valence electrons. The van der Waals surface area contributed by atoms with Crippen molar-refractivity contribution in [2.45, 2.75) is 51.4 Å². The average molecular weight is 324 g/mol. The number of allylic oxidation sites excluding steroid dienone is 1. The van der Waals surface area contributed by atoms with E-state index in [4.69, 9.17) is 0 Å². The summed E-state index contributed by atoms with van der Waals surface area (Å²) in [6.45, 7) is 0.791. The minimum absolute atomic E-state index is 0.187. The number of carbonyl (C=O) groups excluding carboxylic acids is 1. The van der Waals surface area contributed by atoms with Gasteiger partial charge in [0.2, 0.25) is 5.91 Å². The Bertz CT molecular complexity index is 727. The van der Waals surface area contributed by atoms with Gasteiger partial charge in [-0.2, -0.15) is 0 Å². The molecular formula is C21H28N2O. The van der Waals surface area contributed by atoms with E-state index < -0.39 is 0 Å². The number of hydrogen-bond donors (Lipinski definition) is 1. The van der Waals surface area contributed by atoms with E-state index in [1.54, 1.807) is 0 Å². The van der Waals surface area contributed by atoms with Crippen LogP contribution in [-0.2, 0) is 18.3 Å². The molecular weight excluding hydrogens is 296 g/mol. The summed E-state index contributed by atoms with van der Waals surface area (Å²) in [4.78, 5) is 12.0. The largest absolute Gasteiger partial charge is 0.356 e. The van der Waals surface area contributed by atoms with Gasteiger partial charge in [0.05, 0.1) is 0 Å². The molecule has 1 amide bonds. The summed E-state index contributed by atoms with van der Waals surface area (Å²) in [5.74, 6) is 0.187. The SMILES string of the molecule is Cn1cc(CCCC(=O)NCCC2=CCCCC2)c2ccccc21. The standard InChI is InChI=1S/C21H28N2O/c1-23-16-18(19-11-5-6-12-20(19)23)10-7-13-21(24)22-15-14-17-8-3-2-4-9-17/h5-6,8,11-12,16H,2-4,7,9-10,13-15H2,1H3,(H,22,24). The molecule has 1 aromatic heterocycles. The van der Waals surface area contributed by atoms with Crippen molar-refractivity contribution in [3.8, 4) is 0 Å². The molecule has 3 rings (SSSR count). The Morgan fingerprint density at radius 2 is 2.08 bits per heavy atom. The molecule has 0 spiro atoms. The van der Waals surface area contributed by atoms with E-state index in [0.717, 1.165) is 25.8 Å². The summed E-state index contributed by atoms with van der Waals surface area (Å²) in [5.41, 5.74) is 4.13. The highest BCUT2D eigenvalue weighted by Gasteiger charge is 2.08. The van der Waals surface area contributed by atoms with Crippen LogP contribution in [0.4, 0.5) is 0 Å². The number of nitrogens with zero attached hydrogens (tertiary/aromatic N) is 1. The van der Waals surface area contributed by atoms with Crippen molar-refractivity contribution in [1.29, 1.82) is 0 Å². The van der Waals surface area contributed by atoms with E-state index in [1.807, 2.05) is 0 Å². The lowest BCUT2D eigenvalue weighted by atomic mass is 9.97. The fourth-order valence-corrected chi connectivity index (χ4v) is 3.65. The Labute approximate surface area is 144 Å².